The number of hydrogen-bond acceptors (Lipinski definition) is 3. The zero-order chi connectivity index (χ0) is 19.4. The van der Waals surface area contributed by atoms with Crippen LogP contribution in [-0.4, -0.2) is 14.0 Å². The summed E-state index contributed by atoms with van der Waals surface area (Å²) in [6.45, 7) is 4.19. The van der Waals surface area contributed by atoms with Gasteiger partial charge in [-0.25, -0.2) is 9.38 Å². The van der Waals surface area contributed by atoms with E-state index >= 15 is 0 Å². The van der Waals surface area contributed by atoms with Gasteiger partial charge in [0.15, 0.2) is 4.96 Å². The molecule has 3 aromatic heterocycles. The molecule has 4 nitrogen and oxygen atoms in total. The van der Waals surface area contributed by atoms with Gasteiger partial charge in [-0.3, -0.25) is 4.79 Å². The summed E-state index contributed by atoms with van der Waals surface area (Å²) in [5.74, 6) is 0. The number of fused-ring (bicyclic) bond motifs is 3. The largest absolute Gasteiger partial charge is 0.318 e. The molecule has 0 unspecified atom stereocenters. The van der Waals surface area contributed by atoms with Gasteiger partial charge in [0.25, 0.3) is 5.56 Å². The molecule has 0 aliphatic carbocycles. The van der Waals surface area contributed by atoms with Gasteiger partial charge >= 0.3 is 0 Å². The van der Waals surface area contributed by atoms with Crippen LogP contribution in [0.25, 0.3) is 27.8 Å². The average Bonchev–Trinajstić information content (AvgIpc) is 3.27. The molecule has 0 atom stereocenters. The Morgan fingerprint density at radius 2 is 1.89 bits per heavy atom. The second-order valence-corrected chi connectivity index (χ2v) is 9.03. The summed E-state index contributed by atoms with van der Waals surface area (Å²) in [7, 11) is 0. The summed E-state index contributed by atoms with van der Waals surface area (Å²) in [5, 5.41) is 0. The fraction of sp³-hybridized carbons (Fsp3) is 0.0909. The van der Waals surface area contributed by atoms with Crippen molar-refractivity contribution >= 4 is 56.0 Å². The zero-order valence-electron chi connectivity index (χ0n) is 15.3. The van der Waals surface area contributed by atoms with Crippen LogP contribution >= 0.6 is 33.9 Å². The van der Waals surface area contributed by atoms with Gasteiger partial charge in [0, 0.05) is 20.6 Å². The highest BCUT2D eigenvalue weighted by Crippen LogP contribution is 2.23. The van der Waals surface area contributed by atoms with Crippen molar-refractivity contribution in [1.82, 2.24) is 14.0 Å². The van der Waals surface area contributed by atoms with Crippen molar-refractivity contribution in [2.24, 2.45) is 0 Å². The van der Waals surface area contributed by atoms with Gasteiger partial charge in [-0.05, 0) is 84.5 Å². The number of benzene rings is 2. The molecule has 2 aromatic carbocycles. The standard InChI is InChI=1S/C22H16IN3OS/c1-13-10-15(14(2)25(13)17-7-5-6-16(23)12-17)11-20-21(27)26-19-9-4-3-8-18(19)24-22(26)28-20/h3-12H,1-2H3. The molecule has 28 heavy (non-hydrogen) atoms. The number of imidazole rings is 1. The maximum absolute atomic E-state index is 13.0. The third-order valence-electron chi connectivity index (χ3n) is 4.97. The van der Waals surface area contributed by atoms with Crippen LogP contribution in [0.3, 0.4) is 0 Å². The van der Waals surface area contributed by atoms with E-state index in [9.17, 15) is 4.79 Å². The Morgan fingerprint density at radius 1 is 1.07 bits per heavy atom. The van der Waals surface area contributed by atoms with Crippen LogP contribution in [0, 0.1) is 17.4 Å². The van der Waals surface area contributed by atoms with E-state index in [-0.39, 0.29) is 5.56 Å². The monoisotopic (exact) mass is 497 g/mol. The Labute approximate surface area is 178 Å². The number of thiazole rings is 1. The molecule has 0 saturated heterocycles. The van der Waals surface area contributed by atoms with Crippen LogP contribution in [0.15, 0.2) is 59.4 Å². The summed E-state index contributed by atoms with van der Waals surface area (Å²) in [5.41, 5.74) is 6.17. The molecule has 0 spiro atoms. The van der Waals surface area contributed by atoms with Crippen LogP contribution in [0.5, 0.6) is 0 Å². The molecule has 0 radical (unpaired) electrons. The van der Waals surface area contributed by atoms with E-state index in [4.69, 9.17) is 0 Å². The van der Waals surface area contributed by atoms with Crippen molar-refractivity contribution < 1.29 is 0 Å². The molecule has 138 valence electrons. The molecule has 6 heteroatoms. The van der Waals surface area contributed by atoms with E-state index < -0.39 is 0 Å². The molecule has 0 amide bonds. The number of rotatable bonds is 2. The van der Waals surface area contributed by atoms with Crippen LogP contribution in [0.4, 0.5) is 0 Å². The van der Waals surface area contributed by atoms with Gasteiger partial charge in [-0.2, -0.15) is 0 Å². The molecular formula is C22H16IN3OS. The summed E-state index contributed by atoms with van der Waals surface area (Å²) >= 11 is 3.77. The maximum atomic E-state index is 13.0. The van der Waals surface area contributed by atoms with Crippen LogP contribution in [0.1, 0.15) is 17.0 Å². The topological polar surface area (TPSA) is 39.3 Å². The second kappa shape index (κ2) is 6.56. The first-order chi connectivity index (χ1) is 13.5. The lowest BCUT2D eigenvalue weighted by Crippen LogP contribution is -2.22. The van der Waals surface area contributed by atoms with Crippen molar-refractivity contribution in [2.45, 2.75) is 13.8 Å². The number of halogens is 1. The zero-order valence-corrected chi connectivity index (χ0v) is 18.3. The summed E-state index contributed by atoms with van der Waals surface area (Å²) in [6, 6.07) is 18.3. The van der Waals surface area contributed by atoms with Crippen molar-refractivity contribution in [2.75, 3.05) is 0 Å². The Hall–Kier alpha value is -2.45. The number of nitrogens with zero attached hydrogens (tertiary/aromatic N) is 3. The Kier molecular flexibility index (Phi) is 4.13. The lowest BCUT2D eigenvalue weighted by molar-refractivity contribution is 0.963. The Morgan fingerprint density at radius 3 is 2.71 bits per heavy atom. The van der Waals surface area contributed by atoms with Crippen molar-refractivity contribution in [1.29, 1.82) is 0 Å². The smallest absolute Gasteiger partial charge is 0.274 e. The highest BCUT2D eigenvalue weighted by atomic mass is 127. The first-order valence-electron chi connectivity index (χ1n) is 8.89. The normalized spacial score (nSPS) is 12.5. The fourth-order valence-electron chi connectivity index (χ4n) is 3.70. The number of hydrogen-bond donors (Lipinski definition) is 0. The fourth-order valence-corrected chi connectivity index (χ4v) is 5.20. The molecule has 0 N–H and O–H groups in total. The lowest BCUT2D eigenvalue weighted by Gasteiger charge is -2.09. The molecule has 0 aliphatic rings. The third kappa shape index (κ3) is 2.70. The highest BCUT2D eigenvalue weighted by Gasteiger charge is 2.13. The van der Waals surface area contributed by atoms with Gasteiger partial charge in [0.05, 0.1) is 15.6 Å². The van der Waals surface area contributed by atoms with Crippen LogP contribution in [-0.2, 0) is 0 Å². The second-order valence-electron chi connectivity index (χ2n) is 6.78. The quantitative estimate of drug-likeness (QED) is 0.338. The predicted octanol–water partition coefficient (Wildman–Crippen LogP) is 4.47. The minimum Gasteiger partial charge on any atom is -0.318 e. The van der Waals surface area contributed by atoms with Gasteiger partial charge in [-0.15, -0.1) is 0 Å². The molecule has 0 saturated carbocycles. The van der Waals surface area contributed by atoms with Crippen LogP contribution < -0.4 is 10.1 Å². The minimum atomic E-state index is -0.00670. The molecule has 0 fully saturated rings. The maximum Gasteiger partial charge on any atom is 0.274 e. The molecule has 0 aliphatic heterocycles. The van der Waals surface area contributed by atoms with Crippen molar-refractivity contribution in [3.8, 4) is 5.69 Å². The Balaban J connectivity index is 1.71. The minimum absolute atomic E-state index is 0.00670. The van der Waals surface area contributed by atoms with Gasteiger partial charge in [0.2, 0.25) is 0 Å². The van der Waals surface area contributed by atoms with Crippen molar-refractivity contribution in [3.05, 3.63) is 90.0 Å². The van der Waals surface area contributed by atoms with Gasteiger partial charge in [-0.1, -0.05) is 29.5 Å². The molecule has 5 rings (SSSR count). The SMILES string of the molecule is Cc1cc(C=c2sc3nc4ccccc4n3c2=O)c(C)n1-c1cccc(I)c1. The predicted molar refractivity (Wildman–Crippen MR) is 124 cm³/mol. The number of para-hydroxylation sites is 2. The van der Waals surface area contributed by atoms with E-state index in [2.05, 4.69) is 76.3 Å². The summed E-state index contributed by atoms with van der Waals surface area (Å²) in [6.07, 6.45) is 1.99. The highest BCUT2D eigenvalue weighted by molar-refractivity contribution is 14.1. The summed E-state index contributed by atoms with van der Waals surface area (Å²) < 4.78 is 5.84. The van der Waals surface area contributed by atoms with Gasteiger partial charge < -0.3 is 4.57 Å². The van der Waals surface area contributed by atoms with Gasteiger partial charge in [0.1, 0.15) is 0 Å². The molecule has 3 heterocycles. The summed E-state index contributed by atoms with van der Waals surface area (Å²) in [4.78, 5) is 18.4. The average molecular weight is 497 g/mol. The lowest BCUT2D eigenvalue weighted by atomic mass is 10.2. The van der Waals surface area contributed by atoms with Crippen molar-refractivity contribution in [3.63, 3.8) is 0 Å². The molecular weight excluding hydrogens is 481 g/mol. The molecule has 0 bridgehead atoms. The third-order valence-corrected chi connectivity index (χ3v) is 6.61. The number of aryl methyl sites for hydroxylation is 1. The van der Waals surface area contributed by atoms with Crippen LogP contribution in [0.2, 0.25) is 0 Å². The van der Waals surface area contributed by atoms with E-state index in [1.165, 1.54) is 14.9 Å². The first kappa shape index (κ1) is 17.6. The van der Waals surface area contributed by atoms with E-state index in [0.29, 0.717) is 4.53 Å². The first-order valence-corrected chi connectivity index (χ1v) is 10.8. The molecule has 5 aromatic rings. The van der Waals surface area contributed by atoms with E-state index in [1.54, 1.807) is 4.40 Å². The Bertz CT molecular complexity index is 1480. The van der Waals surface area contributed by atoms with E-state index in [0.717, 1.165) is 38.6 Å². The number of aromatic nitrogens is 3. The van der Waals surface area contributed by atoms with E-state index in [1.807, 2.05) is 30.3 Å².